The largest absolute Gasteiger partial charge is 0.358 e. The predicted molar refractivity (Wildman–Crippen MR) is 72.0 cm³/mol. The molecule has 1 N–H and O–H groups in total. The summed E-state index contributed by atoms with van der Waals surface area (Å²) in [6.45, 7) is 5.36. The van der Waals surface area contributed by atoms with E-state index in [0.717, 1.165) is 11.7 Å². The number of hydrogen-bond acceptors (Lipinski definition) is 3. The van der Waals surface area contributed by atoms with Gasteiger partial charge in [0.1, 0.15) is 0 Å². The zero-order valence-electron chi connectivity index (χ0n) is 9.81. The Balaban J connectivity index is 1.91. The molecule has 3 heteroatoms. The summed E-state index contributed by atoms with van der Waals surface area (Å²) in [4.78, 5) is 4.52. The molecule has 1 aromatic rings. The van der Waals surface area contributed by atoms with Gasteiger partial charge in [0.15, 0.2) is 5.17 Å². The van der Waals surface area contributed by atoms with Crippen LogP contribution in [0.3, 0.4) is 0 Å². The number of thioether (sulfide) groups is 1. The summed E-state index contributed by atoms with van der Waals surface area (Å²) in [6, 6.07) is 10.8. The van der Waals surface area contributed by atoms with Crippen molar-refractivity contribution in [3.8, 4) is 0 Å². The van der Waals surface area contributed by atoms with Gasteiger partial charge in [-0.2, -0.15) is 0 Å². The van der Waals surface area contributed by atoms with Crippen LogP contribution in [0, 0.1) is 0 Å². The molecule has 1 heterocycles. The van der Waals surface area contributed by atoms with Crippen LogP contribution in [-0.4, -0.2) is 17.0 Å². The van der Waals surface area contributed by atoms with Gasteiger partial charge in [-0.05, 0) is 18.9 Å². The van der Waals surface area contributed by atoms with Crippen LogP contribution in [0.2, 0.25) is 0 Å². The highest BCUT2D eigenvalue weighted by atomic mass is 32.2. The molecule has 0 saturated heterocycles. The second-order valence-electron chi connectivity index (χ2n) is 4.07. The highest BCUT2D eigenvalue weighted by Gasteiger charge is 2.19. The molecule has 2 unspecified atom stereocenters. The molecular weight excluding hydrogens is 216 g/mol. The maximum absolute atomic E-state index is 4.52. The van der Waals surface area contributed by atoms with Gasteiger partial charge in [0.25, 0.3) is 0 Å². The van der Waals surface area contributed by atoms with Crippen LogP contribution in [0.1, 0.15) is 31.9 Å². The number of nitrogens with zero attached hydrogens (tertiary/aromatic N) is 1. The van der Waals surface area contributed by atoms with Gasteiger partial charge in [-0.25, -0.2) is 0 Å². The Morgan fingerprint density at radius 2 is 2.19 bits per heavy atom. The Morgan fingerprint density at radius 1 is 1.44 bits per heavy atom. The number of amidine groups is 1. The van der Waals surface area contributed by atoms with Crippen molar-refractivity contribution in [2.75, 3.05) is 6.54 Å². The van der Waals surface area contributed by atoms with Crippen molar-refractivity contribution in [3.05, 3.63) is 35.9 Å². The van der Waals surface area contributed by atoms with Crippen LogP contribution >= 0.6 is 11.8 Å². The normalized spacial score (nSPS) is 21.6. The molecular formula is C13H18N2S. The fourth-order valence-corrected chi connectivity index (χ4v) is 2.74. The Hall–Kier alpha value is -0.960. The highest BCUT2D eigenvalue weighted by molar-refractivity contribution is 8.14. The van der Waals surface area contributed by atoms with Crippen molar-refractivity contribution in [2.24, 2.45) is 4.99 Å². The van der Waals surface area contributed by atoms with Crippen LogP contribution in [0.5, 0.6) is 0 Å². The van der Waals surface area contributed by atoms with Crippen LogP contribution in [0.25, 0.3) is 0 Å². The molecule has 2 atom stereocenters. The van der Waals surface area contributed by atoms with Gasteiger partial charge < -0.3 is 5.32 Å². The third-order valence-corrected chi connectivity index (χ3v) is 4.10. The Kier molecular flexibility index (Phi) is 3.88. The lowest BCUT2D eigenvalue weighted by Crippen LogP contribution is -2.23. The lowest BCUT2D eigenvalue weighted by molar-refractivity contribution is 0.722. The smallest absolute Gasteiger partial charge is 0.157 e. The summed E-state index contributed by atoms with van der Waals surface area (Å²) in [5.41, 5.74) is 1.31. The molecule has 0 spiro atoms. The molecule has 1 aliphatic heterocycles. The minimum atomic E-state index is 0.336. The summed E-state index contributed by atoms with van der Waals surface area (Å²) >= 11 is 1.87. The maximum Gasteiger partial charge on any atom is 0.157 e. The second kappa shape index (κ2) is 5.39. The van der Waals surface area contributed by atoms with E-state index in [2.05, 4.69) is 48.4 Å². The van der Waals surface area contributed by atoms with Crippen molar-refractivity contribution < 1.29 is 0 Å². The van der Waals surface area contributed by atoms with E-state index < -0.39 is 0 Å². The number of rotatable bonds is 3. The summed E-state index contributed by atoms with van der Waals surface area (Å²) in [6.07, 6.45) is 1.19. The van der Waals surface area contributed by atoms with E-state index in [1.54, 1.807) is 0 Å². The highest BCUT2D eigenvalue weighted by Crippen LogP contribution is 2.24. The van der Waals surface area contributed by atoms with E-state index in [1.165, 1.54) is 12.0 Å². The molecule has 0 amide bonds. The summed E-state index contributed by atoms with van der Waals surface area (Å²) in [7, 11) is 0. The summed E-state index contributed by atoms with van der Waals surface area (Å²) < 4.78 is 0. The molecule has 0 aromatic heterocycles. The van der Waals surface area contributed by atoms with Crippen LogP contribution in [-0.2, 0) is 0 Å². The van der Waals surface area contributed by atoms with Crippen LogP contribution < -0.4 is 5.32 Å². The molecule has 86 valence electrons. The molecule has 16 heavy (non-hydrogen) atoms. The lowest BCUT2D eigenvalue weighted by atomic mass is 10.1. The van der Waals surface area contributed by atoms with Crippen molar-refractivity contribution in [3.63, 3.8) is 0 Å². The first kappa shape index (κ1) is 11.5. The first-order valence-electron chi connectivity index (χ1n) is 5.82. The quantitative estimate of drug-likeness (QED) is 0.868. The molecule has 2 rings (SSSR count). The van der Waals surface area contributed by atoms with E-state index in [-0.39, 0.29) is 0 Å². The number of nitrogens with one attached hydrogen (secondary N) is 1. The first-order valence-corrected chi connectivity index (χ1v) is 6.70. The molecule has 1 aromatic carbocycles. The molecule has 0 aliphatic carbocycles. The Morgan fingerprint density at radius 3 is 2.81 bits per heavy atom. The van der Waals surface area contributed by atoms with Crippen molar-refractivity contribution in [1.29, 1.82) is 0 Å². The van der Waals surface area contributed by atoms with Gasteiger partial charge in [0.2, 0.25) is 0 Å². The SMILES string of the molecule is CCC1CN=C(NC(C)c2ccccc2)S1. The fourth-order valence-electron chi connectivity index (χ4n) is 1.72. The average molecular weight is 234 g/mol. The molecule has 0 fully saturated rings. The fraction of sp³-hybridized carbons (Fsp3) is 0.462. The van der Waals surface area contributed by atoms with Crippen molar-refractivity contribution >= 4 is 16.9 Å². The minimum absolute atomic E-state index is 0.336. The number of benzene rings is 1. The monoisotopic (exact) mass is 234 g/mol. The van der Waals surface area contributed by atoms with E-state index in [4.69, 9.17) is 0 Å². The summed E-state index contributed by atoms with van der Waals surface area (Å²) in [5, 5.41) is 5.24. The minimum Gasteiger partial charge on any atom is -0.358 e. The van der Waals surface area contributed by atoms with Crippen LogP contribution in [0.15, 0.2) is 35.3 Å². The number of aliphatic imine (C=N–C) groups is 1. The first-order chi connectivity index (χ1) is 7.79. The average Bonchev–Trinajstić information content (AvgIpc) is 2.78. The molecule has 1 aliphatic rings. The van der Waals surface area contributed by atoms with Gasteiger partial charge in [-0.1, -0.05) is 49.0 Å². The van der Waals surface area contributed by atoms with Gasteiger partial charge in [0, 0.05) is 5.25 Å². The molecule has 0 bridgehead atoms. The topological polar surface area (TPSA) is 24.4 Å². The second-order valence-corrected chi connectivity index (χ2v) is 5.36. The number of hydrogen-bond donors (Lipinski definition) is 1. The zero-order chi connectivity index (χ0) is 11.4. The summed E-state index contributed by atoms with van der Waals surface area (Å²) in [5.74, 6) is 0. The zero-order valence-corrected chi connectivity index (χ0v) is 10.6. The van der Waals surface area contributed by atoms with Gasteiger partial charge >= 0.3 is 0 Å². The van der Waals surface area contributed by atoms with E-state index in [1.807, 2.05) is 17.8 Å². The van der Waals surface area contributed by atoms with Crippen molar-refractivity contribution in [1.82, 2.24) is 5.32 Å². The van der Waals surface area contributed by atoms with E-state index >= 15 is 0 Å². The molecule has 0 saturated carbocycles. The van der Waals surface area contributed by atoms with Crippen LogP contribution in [0.4, 0.5) is 0 Å². The molecule has 2 nitrogen and oxygen atoms in total. The van der Waals surface area contributed by atoms with Gasteiger partial charge in [-0.15, -0.1) is 0 Å². The van der Waals surface area contributed by atoms with E-state index in [9.17, 15) is 0 Å². The van der Waals surface area contributed by atoms with Crippen molar-refractivity contribution in [2.45, 2.75) is 31.6 Å². The van der Waals surface area contributed by atoms with E-state index in [0.29, 0.717) is 11.3 Å². The Labute approximate surface area is 102 Å². The van der Waals surface area contributed by atoms with Gasteiger partial charge in [0.05, 0.1) is 12.6 Å². The third kappa shape index (κ3) is 2.79. The predicted octanol–water partition coefficient (Wildman–Crippen LogP) is 3.22. The third-order valence-electron chi connectivity index (χ3n) is 2.81. The Bertz CT molecular complexity index is 361. The lowest BCUT2D eigenvalue weighted by Gasteiger charge is -2.15. The standard InChI is InChI=1S/C13H18N2S/c1-3-12-9-14-13(16-12)15-10(2)11-7-5-4-6-8-11/h4-8,10,12H,3,9H2,1-2H3,(H,14,15). The van der Waals surface area contributed by atoms with Gasteiger partial charge in [-0.3, -0.25) is 4.99 Å². The maximum atomic E-state index is 4.52. The molecule has 0 radical (unpaired) electrons.